The summed E-state index contributed by atoms with van der Waals surface area (Å²) < 4.78 is 0. The molecule has 1 aliphatic rings. The fourth-order valence-electron chi connectivity index (χ4n) is 2.93. The Bertz CT molecular complexity index is 742. The summed E-state index contributed by atoms with van der Waals surface area (Å²) in [6.07, 6.45) is 0.635. The molecule has 3 rings (SSSR count). The van der Waals surface area contributed by atoms with E-state index in [0.29, 0.717) is 13.0 Å². The molecule has 0 aromatic heterocycles. The highest BCUT2D eigenvalue weighted by atomic mass is 16.2. The molecule has 0 bridgehead atoms. The summed E-state index contributed by atoms with van der Waals surface area (Å²) >= 11 is 0. The van der Waals surface area contributed by atoms with E-state index < -0.39 is 0 Å². The van der Waals surface area contributed by atoms with Crippen molar-refractivity contribution >= 4 is 17.5 Å². The molecule has 1 fully saturated rings. The quantitative estimate of drug-likeness (QED) is 0.919. The number of benzene rings is 2. The second-order valence-corrected chi connectivity index (χ2v) is 6.49. The van der Waals surface area contributed by atoms with Crippen LogP contribution in [0, 0.1) is 18.8 Å². The molecule has 2 aromatic rings. The highest BCUT2D eigenvalue weighted by Gasteiger charge is 2.49. The Labute approximate surface area is 142 Å². The van der Waals surface area contributed by atoms with Crippen LogP contribution < -0.4 is 5.32 Å². The van der Waals surface area contributed by atoms with Crippen molar-refractivity contribution in [2.24, 2.45) is 11.8 Å². The predicted octanol–water partition coefficient (Wildman–Crippen LogP) is 3.23. The standard InChI is InChI=1S/C20H22N2O2/c1-14-7-6-10-16(11-14)21-19(23)17-12-18(17)20(24)22(2)13-15-8-4-3-5-9-15/h3-11,17-18H,12-13H2,1-2H3,(H,21,23). The van der Waals surface area contributed by atoms with Gasteiger partial charge in [0.25, 0.3) is 0 Å². The summed E-state index contributed by atoms with van der Waals surface area (Å²) in [5, 5.41) is 2.91. The van der Waals surface area contributed by atoms with Gasteiger partial charge in [0.2, 0.25) is 11.8 Å². The summed E-state index contributed by atoms with van der Waals surface area (Å²) in [5.41, 5.74) is 2.98. The van der Waals surface area contributed by atoms with Crippen LogP contribution in [-0.2, 0) is 16.1 Å². The molecule has 4 heteroatoms. The zero-order valence-corrected chi connectivity index (χ0v) is 14.0. The maximum atomic E-state index is 12.5. The van der Waals surface area contributed by atoms with E-state index in [2.05, 4.69) is 5.32 Å². The van der Waals surface area contributed by atoms with Gasteiger partial charge in [-0.15, -0.1) is 0 Å². The van der Waals surface area contributed by atoms with Crippen molar-refractivity contribution < 1.29 is 9.59 Å². The predicted molar refractivity (Wildman–Crippen MR) is 94.3 cm³/mol. The average molecular weight is 322 g/mol. The molecule has 1 aliphatic carbocycles. The van der Waals surface area contributed by atoms with Crippen molar-refractivity contribution in [3.05, 3.63) is 65.7 Å². The molecule has 24 heavy (non-hydrogen) atoms. The summed E-state index contributed by atoms with van der Waals surface area (Å²) in [5.74, 6) is -0.421. The molecule has 0 heterocycles. The van der Waals surface area contributed by atoms with Gasteiger partial charge in [-0.2, -0.15) is 0 Å². The molecule has 1 saturated carbocycles. The van der Waals surface area contributed by atoms with Crippen LogP contribution in [0.15, 0.2) is 54.6 Å². The second kappa shape index (κ2) is 6.87. The lowest BCUT2D eigenvalue weighted by molar-refractivity contribution is -0.133. The van der Waals surface area contributed by atoms with Crippen molar-refractivity contribution in [1.82, 2.24) is 4.90 Å². The first kappa shape index (κ1) is 16.2. The molecule has 0 spiro atoms. The molecular formula is C20H22N2O2. The normalized spacial score (nSPS) is 18.8. The molecule has 4 nitrogen and oxygen atoms in total. The van der Waals surface area contributed by atoms with Crippen LogP contribution >= 0.6 is 0 Å². The molecule has 0 radical (unpaired) electrons. The summed E-state index contributed by atoms with van der Waals surface area (Å²) in [6, 6.07) is 17.6. The SMILES string of the molecule is Cc1cccc(NC(=O)C2CC2C(=O)N(C)Cc2ccccc2)c1. The van der Waals surface area contributed by atoms with E-state index in [4.69, 9.17) is 0 Å². The van der Waals surface area contributed by atoms with Crippen LogP contribution in [0.1, 0.15) is 17.5 Å². The Hall–Kier alpha value is -2.62. The van der Waals surface area contributed by atoms with E-state index in [1.807, 2.05) is 61.5 Å². The smallest absolute Gasteiger partial charge is 0.228 e. The van der Waals surface area contributed by atoms with Crippen molar-refractivity contribution in [1.29, 1.82) is 0 Å². The minimum absolute atomic E-state index is 0.0447. The molecule has 2 unspecified atom stereocenters. The van der Waals surface area contributed by atoms with Crippen LogP contribution in [0.5, 0.6) is 0 Å². The molecule has 2 amide bonds. The van der Waals surface area contributed by atoms with Gasteiger partial charge >= 0.3 is 0 Å². The number of rotatable bonds is 5. The van der Waals surface area contributed by atoms with Crippen LogP contribution in [0.2, 0.25) is 0 Å². The number of hydrogen-bond acceptors (Lipinski definition) is 2. The van der Waals surface area contributed by atoms with E-state index in [0.717, 1.165) is 16.8 Å². The number of carbonyl (C=O) groups excluding carboxylic acids is 2. The first-order valence-corrected chi connectivity index (χ1v) is 8.21. The second-order valence-electron chi connectivity index (χ2n) is 6.49. The molecule has 0 aliphatic heterocycles. The molecule has 2 atom stereocenters. The van der Waals surface area contributed by atoms with Gasteiger partial charge < -0.3 is 10.2 Å². The van der Waals surface area contributed by atoms with Gasteiger partial charge in [0.1, 0.15) is 0 Å². The number of nitrogens with zero attached hydrogens (tertiary/aromatic N) is 1. The Morgan fingerprint density at radius 3 is 2.54 bits per heavy atom. The van der Waals surface area contributed by atoms with E-state index in [1.165, 1.54) is 0 Å². The third kappa shape index (κ3) is 3.82. The van der Waals surface area contributed by atoms with Crippen LogP contribution in [0.3, 0.4) is 0 Å². The number of carbonyl (C=O) groups is 2. The monoisotopic (exact) mass is 322 g/mol. The van der Waals surface area contributed by atoms with Crippen LogP contribution in [0.4, 0.5) is 5.69 Å². The molecule has 0 saturated heterocycles. The highest BCUT2D eigenvalue weighted by Crippen LogP contribution is 2.40. The topological polar surface area (TPSA) is 49.4 Å². The molecule has 1 N–H and O–H groups in total. The van der Waals surface area contributed by atoms with Gasteiger partial charge in [-0.1, -0.05) is 42.5 Å². The van der Waals surface area contributed by atoms with Crippen molar-refractivity contribution in [2.45, 2.75) is 19.9 Å². The Morgan fingerprint density at radius 2 is 1.83 bits per heavy atom. The molecule has 2 aromatic carbocycles. The lowest BCUT2D eigenvalue weighted by atomic mass is 10.2. The van der Waals surface area contributed by atoms with E-state index >= 15 is 0 Å². The largest absolute Gasteiger partial charge is 0.341 e. The third-order valence-corrected chi connectivity index (χ3v) is 4.37. The summed E-state index contributed by atoms with van der Waals surface area (Å²) in [6.45, 7) is 2.56. The molecule has 124 valence electrons. The number of hydrogen-bond donors (Lipinski definition) is 1. The van der Waals surface area contributed by atoms with Gasteiger partial charge in [-0.3, -0.25) is 9.59 Å². The average Bonchev–Trinajstić information content (AvgIpc) is 3.36. The zero-order valence-electron chi connectivity index (χ0n) is 14.0. The van der Waals surface area contributed by atoms with E-state index in [9.17, 15) is 9.59 Å². The van der Waals surface area contributed by atoms with Crippen molar-refractivity contribution in [3.63, 3.8) is 0 Å². The molecular weight excluding hydrogens is 300 g/mol. The van der Waals surface area contributed by atoms with Crippen LogP contribution in [-0.4, -0.2) is 23.8 Å². The minimum Gasteiger partial charge on any atom is -0.341 e. The fraction of sp³-hybridized carbons (Fsp3) is 0.300. The number of amides is 2. The van der Waals surface area contributed by atoms with Gasteiger partial charge in [0, 0.05) is 19.3 Å². The van der Waals surface area contributed by atoms with Crippen molar-refractivity contribution in [2.75, 3.05) is 12.4 Å². The zero-order chi connectivity index (χ0) is 17.1. The first-order valence-electron chi connectivity index (χ1n) is 8.21. The van der Waals surface area contributed by atoms with E-state index in [-0.39, 0.29) is 23.7 Å². The fourth-order valence-corrected chi connectivity index (χ4v) is 2.93. The summed E-state index contributed by atoms with van der Waals surface area (Å²) in [4.78, 5) is 26.5. The maximum Gasteiger partial charge on any atom is 0.228 e. The minimum atomic E-state index is -0.212. The lowest BCUT2D eigenvalue weighted by Gasteiger charge is -2.17. The van der Waals surface area contributed by atoms with Gasteiger partial charge in [0.05, 0.1) is 11.8 Å². The highest BCUT2D eigenvalue weighted by molar-refractivity contribution is 5.99. The number of aryl methyl sites for hydroxylation is 1. The summed E-state index contributed by atoms with van der Waals surface area (Å²) in [7, 11) is 1.79. The maximum absolute atomic E-state index is 12.5. The Morgan fingerprint density at radius 1 is 1.08 bits per heavy atom. The van der Waals surface area contributed by atoms with Crippen LogP contribution in [0.25, 0.3) is 0 Å². The third-order valence-electron chi connectivity index (χ3n) is 4.37. The van der Waals surface area contributed by atoms with E-state index in [1.54, 1.807) is 11.9 Å². The van der Waals surface area contributed by atoms with Gasteiger partial charge in [-0.25, -0.2) is 0 Å². The van der Waals surface area contributed by atoms with Gasteiger partial charge in [-0.05, 0) is 36.6 Å². The lowest BCUT2D eigenvalue weighted by Crippen LogP contribution is -2.29. The Kier molecular flexibility index (Phi) is 4.65. The van der Waals surface area contributed by atoms with Gasteiger partial charge in [0.15, 0.2) is 0 Å². The number of nitrogens with one attached hydrogen (secondary N) is 1. The number of anilines is 1. The first-order chi connectivity index (χ1) is 11.5. The van der Waals surface area contributed by atoms with Crippen molar-refractivity contribution in [3.8, 4) is 0 Å². The Balaban J connectivity index is 1.54.